The van der Waals surface area contributed by atoms with Gasteiger partial charge in [0, 0.05) is 13.8 Å². The van der Waals surface area contributed by atoms with Crippen molar-refractivity contribution in [2.45, 2.75) is 113 Å². The van der Waals surface area contributed by atoms with Gasteiger partial charge in [0.1, 0.15) is 67.0 Å². The third-order valence-electron chi connectivity index (χ3n) is 6.86. The molecule has 39 heavy (non-hydrogen) atoms. The standard InChI is InChI=1S/C22H38N2O15/c1-6-13(29)16(32)17(33)22(35-6)39-19-12(24-8(3)28)20(34)36-10(5-26)18(19)38-21-11(23-7(2)27)15(31)14(30)9(4-25)37-21/h6,9-22,25-26,29-34H,4-5H2,1-3H3,(H,23,27)(H,24,28)/t6-,9+,10+,11+,12+,13+,14+,15+,16+,17-,18+,19+,20?,21-,22-/m0/s1. The summed E-state index contributed by atoms with van der Waals surface area (Å²) in [6, 6.07) is -2.82. The Labute approximate surface area is 223 Å². The fraction of sp³-hybridized carbons (Fsp3) is 0.909. The smallest absolute Gasteiger partial charge is 0.217 e. The Morgan fingerprint density at radius 1 is 0.667 bits per heavy atom. The molecule has 0 saturated carbocycles. The van der Waals surface area contributed by atoms with E-state index in [9.17, 15) is 50.4 Å². The average molecular weight is 571 g/mol. The van der Waals surface area contributed by atoms with Crippen molar-refractivity contribution in [1.82, 2.24) is 10.6 Å². The van der Waals surface area contributed by atoms with E-state index in [-0.39, 0.29) is 0 Å². The molecule has 3 saturated heterocycles. The van der Waals surface area contributed by atoms with E-state index in [0.29, 0.717) is 0 Å². The van der Waals surface area contributed by atoms with Crippen molar-refractivity contribution in [2.24, 2.45) is 0 Å². The van der Waals surface area contributed by atoms with Crippen LogP contribution in [-0.2, 0) is 33.3 Å². The molecule has 3 heterocycles. The van der Waals surface area contributed by atoms with E-state index < -0.39 is 117 Å². The molecule has 10 N–H and O–H groups in total. The van der Waals surface area contributed by atoms with Crippen molar-refractivity contribution in [1.29, 1.82) is 0 Å². The number of amides is 2. The first-order valence-electron chi connectivity index (χ1n) is 12.4. The number of carbonyl (C=O) groups is 2. The van der Waals surface area contributed by atoms with Gasteiger partial charge in [0.2, 0.25) is 11.8 Å². The van der Waals surface area contributed by atoms with Gasteiger partial charge in [0.15, 0.2) is 18.9 Å². The first-order valence-corrected chi connectivity index (χ1v) is 12.4. The lowest BCUT2D eigenvalue weighted by molar-refractivity contribution is -0.362. The van der Waals surface area contributed by atoms with Crippen molar-refractivity contribution in [3.63, 3.8) is 0 Å². The van der Waals surface area contributed by atoms with E-state index in [0.717, 1.165) is 13.8 Å². The van der Waals surface area contributed by atoms with Crippen LogP contribution in [0.4, 0.5) is 0 Å². The van der Waals surface area contributed by atoms with Crippen LogP contribution in [0.15, 0.2) is 0 Å². The third kappa shape index (κ3) is 7.02. The lowest BCUT2D eigenvalue weighted by atomic mass is 9.94. The lowest BCUT2D eigenvalue weighted by Crippen LogP contribution is -2.70. The second-order valence-corrected chi connectivity index (χ2v) is 9.79. The fourth-order valence-electron chi connectivity index (χ4n) is 4.80. The molecule has 226 valence electrons. The summed E-state index contributed by atoms with van der Waals surface area (Å²) in [4.78, 5) is 23.8. The summed E-state index contributed by atoms with van der Waals surface area (Å²) in [6.07, 6.45) is -20.0. The highest BCUT2D eigenvalue weighted by molar-refractivity contribution is 5.73. The first kappa shape index (κ1) is 31.9. The molecule has 0 aromatic heterocycles. The average Bonchev–Trinajstić information content (AvgIpc) is 2.88. The predicted molar refractivity (Wildman–Crippen MR) is 123 cm³/mol. The molecule has 0 spiro atoms. The Morgan fingerprint density at radius 2 is 1.23 bits per heavy atom. The van der Waals surface area contributed by atoms with Crippen molar-refractivity contribution in [3.05, 3.63) is 0 Å². The zero-order valence-electron chi connectivity index (χ0n) is 21.5. The Balaban J connectivity index is 1.98. The van der Waals surface area contributed by atoms with Gasteiger partial charge in [-0.2, -0.15) is 0 Å². The largest absolute Gasteiger partial charge is 0.394 e. The van der Waals surface area contributed by atoms with Crippen LogP contribution in [0.2, 0.25) is 0 Å². The molecular formula is C22H38N2O15. The Kier molecular flexibility index (Phi) is 11.0. The van der Waals surface area contributed by atoms with Crippen LogP contribution in [0.1, 0.15) is 20.8 Å². The summed E-state index contributed by atoms with van der Waals surface area (Å²) >= 11 is 0. The van der Waals surface area contributed by atoms with Crippen molar-refractivity contribution >= 4 is 11.8 Å². The molecule has 2 amide bonds. The van der Waals surface area contributed by atoms with Gasteiger partial charge >= 0.3 is 0 Å². The van der Waals surface area contributed by atoms with E-state index in [4.69, 9.17) is 23.7 Å². The molecular weight excluding hydrogens is 532 g/mol. The van der Waals surface area contributed by atoms with Gasteiger partial charge in [-0.3, -0.25) is 9.59 Å². The van der Waals surface area contributed by atoms with Crippen molar-refractivity contribution < 1.29 is 74.1 Å². The molecule has 3 rings (SSSR count). The SMILES string of the molecule is CC(=O)N[C@H]1[C@H](O[C@H]2[C@H](O[C@@H]3O[C@@H](C)[C@@H](O)[C@@H](O)[C@@H]3O)[C@@H](NC(C)=O)C(O)O[C@@H]2CO)O[C@H](CO)[C@@H](O)[C@@H]1O. The second-order valence-electron chi connectivity index (χ2n) is 9.79. The Morgan fingerprint density at radius 3 is 1.79 bits per heavy atom. The summed E-state index contributed by atoms with van der Waals surface area (Å²) in [5.41, 5.74) is 0. The van der Waals surface area contributed by atoms with E-state index in [1.165, 1.54) is 6.92 Å². The first-order chi connectivity index (χ1) is 18.3. The van der Waals surface area contributed by atoms with Crippen LogP contribution < -0.4 is 10.6 Å². The molecule has 0 aliphatic carbocycles. The zero-order chi connectivity index (χ0) is 29.2. The molecule has 3 aliphatic heterocycles. The topological polar surface area (TPSA) is 266 Å². The minimum Gasteiger partial charge on any atom is -0.394 e. The molecule has 15 atom stereocenters. The van der Waals surface area contributed by atoms with Crippen molar-refractivity contribution in [3.8, 4) is 0 Å². The minimum atomic E-state index is -1.80. The molecule has 0 aromatic carbocycles. The lowest BCUT2D eigenvalue weighted by Gasteiger charge is -2.50. The van der Waals surface area contributed by atoms with Gasteiger partial charge in [-0.1, -0.05) is 0 Å². The molecule has 3 aliphatic rings. The third-order valence-corrected chi connectivity index (χ3v) is 6.86. The summed E-state index contributed by atoms with van der Waals surface area (Å²) < 4.78 is 28.4. The van der Waals surface area contributed by atoms with Gasteiger partial charge in [-0.05, 0) is 6.92 Å². The summed E-state index contributed by atoms with van der Waals surface area (Å²) in [5, 5.41) is 86.7. The molecule has 3 fully saturated rings. The number of carbonyl (C=O) groups excluding carboxylic acids is 2. The number of nitrogens with one attached hydrogen (secondary N) is 2. The van der Waals surface area contributed by atoms with Gasteiger partial charge < -0.3 is 75.2 Å². The highest BCUT2D eigenvalue weighted by Gasteiger charge is 2.54. The van der Waals surface area contributed by atoms with Crippen LogP contribution in [0, 0.1) is 0 Å². The number of hydrogen-bond acceptors (Lipinski definition) is 15. The van der Waals surface area contributed by atoms with Crippen LogP contribution in [-0.4, -0.2) is 158 Å². The summed E-state index contributed by atoms with van der Waals surface area (Å²) in [5.74, 6) is -1.28. The molecule has 17 nitrogen and oxygen atoms in total. The van der Waals surface area contributed by atoms with Gasteiger partial charge in [0.05, 0.1) is 19.3 Å². The maximum atomic E-state index is 12.0. The maximum Gasteiger partial charge on any atom is 0.217 e. The normalized spacial score (nSPS) is 46.9. The maximum absolute atomic E-state index is 12.0. The number of aliphatic hydroxyl groups is 8. The van der Waals surface area contributed by atoms with Crippen LogP contribution in [0.3, 0.4) is 0 Å². The van der Waals surface area contributed by atoms with Gasteiger partial charge in [-0.15, -0.1) is 0 Å². The molecule has 1 unspecified atom stereocenters. The van der Waals surface area contributed by atoms with E-state index in [2.05, 4.69) is 10.6 Å². The predicted octanol–water partition coefficient (Wildman–Crippen LogP) is -6.26. The Hall–Kier alpha value is -1.58. The number of ether oxygens (including phenoxy) is 5. The van der Waals surface area contributed by atoms with Gasteiger partial charge in [0.25, 0.3) is 0 Å². The monoisotopic (exact) mass is 570 g/mol. The number of rotatable bonds is 8. The van der Waals surface area contributed by atoms with E-state index >= 15 is 0 Å². The highest BCUT2D eigenvalue weighted by Crippen LogP contribution is 2.33. The van der Waals surface area contributed by atoms with E-state index in [1.54, 1.807) is 0 Å². The van der Waals surface area contributed by atoms with Crippen LogP contribution in [0.25, 0.3) is 0 Å². The molecule has 0 bridgehead atoms. The van der Waals surface area contributed by atoms with Crippen LogP contribution >= 0.6 is 0 Å². The summed E-state index contributed by atoms with van der Waals surface area (Å²) in [6.45, 7) is 2.13. The summed E-state index contributed by atoms with van der Waals surface area (Å²) in [7, 11) is 0. The molecule has 0 aromatic rings. The van der Waals surface area contributed by atoms with Crippen molar-refractivity contribution in [2.75, 3.05) is 13.2 Å². The molecule has 0 radical (unpaired) electrons. The number of hydrogen-bond donors (Lipinski definition) is 10. The van der Waals surface area contributed by atoms with Gasteiger partial charge in [-0.25, -0.2) is 0 Å². The molecule has 17 heteroatoms. The highest BCUT2D eigenvalue weighted by atomic mass is 16.7. The second kappa shape index (κ2) is 13.4. The van der Waals surface area contributed by atoms with Crippen LogP contribution in [0.5, 0.6) is 0 Å². The minimum absolute atomic E-state index is 0.635. The quantitative estimate of drug-likeness (QED) is 0.130. The van der Waals surface area contributed by atoms with E-state index in [1.807, 2.05) is 0 Å². The fourth-order valence-corrected chi connectivity index (χ4v) is 4.80. The Bertz CT molecular complexity index is 837. The zero-order valence-corrected chi connectivity index (χ0v) is 21.5. The number of aliphatic hydroxyl groups excluding tert-OH is 8.